The number of hydrogen-bond acceptors (Lipinski definition) is 5. The lowest BCUT2D eigenvalue weighted by atomic mass is 10.3. The number of nitrogens with zero attached hydrogens (tertiary/aromatic N) is 2. The third-order valence-corrected chi connectivity index (χ3v) is 4.74. The van der Waals surface area contributed by atoms with E-state index in [-0.39, 0.29) is 11.1 Å². The minimum absolute atomic E-state index is 0.0637. The maximum atomic E-state index is 12.3. The first kappa shape index (κ1) is 18.0. The summed E-state index contributed by atoms with van der Waals surface area (Å²) >= 11 is 0. The summed E-state index contributed by atoms with van der Waals surface area (Å²) in [6, 6.07) is 3.15. The van der Waals surface area contributed by atoms with Crippen molar-refractivity contribution in [1.29, 1.82) is 0 Å². The average molecular weight is 314 g/mol. The van der Waals surface area contributed by atoms with Gasteiger partial charge in [0.05, 0.1) is 0 Å². The zero-order valence-electron chi connectivity index (χ0n) is 13.3. The molecule has 0 radical (unpaired) electrons. The molecule has 120 valence electrons. The van der Waals surface area contributed by atoms with Crippen molar-refractivity contribution in [2.75, 3.05) is 26.7 Å². The topological polar surface area (TPSA) is 74.3 Å². The van der Waals surface area contributed by atoms with Gasteiger partial charge in [-0.25, -0.2) is 18.1 Å². The summed E-state index contributed by atoms with van der Waals surface area (Å²) in [7, 11) is -1.73. The predicted molar refractivity (Wildman–Crippen MR) is 84.6 cm³/mol. The molecule has 1 unspecified atom stereocenters. The molecule has 0 aliphatic rings. The van der Waals surface area contributed by atoms with Gasteiger partial charge in [-0.15, -0.1) is 0 Å². The van der Waals surface area contributed by atoms with Crippen LogP contribution in [0, 0.1) is 0 Å². The molecule has 0 spiro atoms. The second-order valence-electron chi connectivity index (χ2n) is 5.04. The number of hydrogen-bond donors (Lipinski definition) is 2. The Balaban J connectivity index is 2.72. The van der Waals surface area contributed by atoms with Crippen molar-refractivity contribution in [1.82, 2.24) is 19.9 Å². The first-order chi connectivity index (χ1) is 9.92. The van der Waals surface area contributed by atoms with Gasteiger partial charge in [-0.2, -0.15) is 0 Å². The molecule has 1 rings (SSSR count). The van der Waals surface area contributed by atoms with Crippen LogP contribution in [0.5, 0.6) is 0 Å². The van der Waals surface area contributed by atoms with E-state index in [1.807, 2.05) is 14.0 Å². The number of aromatic nitrogens is 1. The van der Waals surface area contributed by atoms with Gasteiger partial charge < -0.3 is 10.2 Å². The van der Waals surface area contributed by atoms with Gasteiger partial charge in [0, 0.05) is 25.3 Å². The highest BCUT2D eigenvalue weighted by molar-refractivity contribution is 7.89. The smallest absolute Gasteiger partial charge is 0.258 e. The standard InChI is InChI=1S/C14H26N4O2S/c1-5-18(6-2)11-12(3)17-21(19,20)14-8-7-13(9-15-4)10-16-14/h7-8,10,12,15,17H,5-6,9,11H2,1-4H3. The quantitative estimate of drug-likeness (QED) is 0.705. The van der Waals surface area contributed by atoms with Crippen LogP contribution in [0.4, 0.5) is 0 Å². The number of nitrogens with one attached hydrogen (secondary N) is 2. The zero-order chi connectivity index (χ0) is 15.9. The Kier molecular flexibility index (Phi) is 7.24. The number of sulfonamides is 1. The third-order valence-electron chi connectivity index (χ3n) is 3.24. The number of likely N-dealkylation sites (N-methyl/N-ethyl adjacent to an activating group) is 1. The van der Waals surface area contributed by atoms with Gasteiger partial charge in [0.15, 0.2) is 5.03 Å². The summed E-state index contributed by atoms with van der Waals surface area (Å²) < 4.78 is 27.2. The molecule has 0 bridgehead atoms. The van der Waals surface area contributed by atoms with E-state index in [4.69, 9.17) is 0 Å². The molecule has 0 saturated heterocycles. The highest BCUT2D eigenvalue weighted by Gasteiger charge is 2.19. The minimum atomic E-state index is -3.56. The van der Waals surface area contributed by atoms with E-state index in [0.29, 0.717) is 13.1 Å². The van der Waals surface area contributed by atoms with Crippen LogP contribution in [-0.2, 0) is 16.6 Å². The monoisotopic (exact) mass is 314 g/mol. The molecule has 0 fully saturated rings. The molecule has 0 aliphatic heterocycles. The molecule has 0 aliphatic carbocycles. The van der Waals surface area contributed by atoms with Crippen molar-refractivity contribution in [2.24, 2.45) is 0 Å². The van der Waals surface area contributed by atoms with Crippen molar-refractivity contribution in [3.8, 4) is 0 Å². The van der Waals surface area contributed by atoms with Crippen LogP contribution in [-0.4, -0.2) is 51.0 Å². The lowest BCUT2D eigenvalue weighted by Crippen LogP contribution is -2.42. The average Bonchev–Trinajstić information content (AvgIpc) is 2.45. The fourth-order valence-electron chi connectivity index (χ4n) is 2.11. The summed E-state index contributed by atoms with van der Waals surface area (Å²) in [6.07, 6.45) is 1.58. The maximum Gasteiger partial charge on any atom is 0.258 e. The van der Waals surface area contributed by atoms with Crippen molar-refractivity contribution < 1.29 is 8.42 Å². The van der Waals surface area contributed by atoms with Crippen molar-refractivity contribution in [3.63, 3.8) is 0 Å². The predicted octanol–water partition coefficient (Wildman–Crippen LogP) is 0.810. The Morgan fingerprint density at radius 2 is 1.95 bits per heavy atom. The Morgan fingerprint density at radius 1 is 1.29 bits per heavy atom. The normalized spacial score (nSPS) is 13.6. The van der Waals surface area contributed by atoms with Crippen LogP contribution in [0.1, 0.15) is 26.3 Å². The molecule has 1 atom stereocenters. The van der Waals surface area contributed by atoms with Crippen LogP contribution in [0.2, 0.25) is 0 Å². The molecule has 1 aromatic rings. The van der Waals surface area contributed by atoms with Gasteiger partial charge in [-0.3, -0.25) is 0 Å². The summed E-state index contributed by atoms with van der Waals surface area (Å²) in [5.41, 5.74) is 0.952. The van der Waals surface area contributed by atoms with Crippen LogP contribution in [0.15, 0.2) is 23.4 Å². The fourth-order valence-corrected chi connectivity index (χ4v) is 3.27. The van der Waals surface area contributed by atoms with Gasteiger partial charge in [-0.1, -0.05) is 19.9 Å². The molecule has 0 amide bonds. The summed E-state index contributed by atoms with van der Waals surface area (Å²) in [5, 5.41) is 3.06. The largest absolute Gasteiger partial charge is 0.316 e. The zero-order valence-corrected chi connectivity index (χ0v) is 14.1. The van der Waals surface area contributed by atoms with Gasteiger partial charge in [0.25, 0.3) is 10.0 Å². The summed E-state index contributed by atoms with van der Waals surface area (Å²) in [6.45, 7) is 9.15. The Bertz CT molecular complexity index is 512. The van der Waals surface area contributed by atoms with Gasteiger partial charge in [0.2, 0.25) is 0 Å². The lowest BCUT2D eigenvalue weighted by Gasteiger charge is -2.23. The molecule has 0 saturated carbocycles. The van der Waals surface area contributed by atoms with Crippen LogP contribution < -0.4 is 10.0 Å². The second kappa shape index (κ2) is 8.43. The van der Waals surface area contributed by atoms with E-state index in [9.17, 15) is 8.42 Å². The fraction of sp³-hybridized carbons (Fsp3) is 0.643. The minimum Gasteiger partial charge on any atom is -0.316 e. The highest BCUT2D eigenvalue weighted by atomic mass is 32.2. The summed E-state index contributed by atoms with van der Waals surface area (Å²) in [4.78, 5) is 6.21. The summed E-state index contributed by atoms with van der Waals surface area (Å²) in [5.74, 6) is 0. The van der Waals surface area contributed by atoms with E-state index in [1.165, 1.54) is 0 Å². The van der Waals surface area contributed by atoms with E-state index >= 15 is 0 Å². The highest BCUT2D eigenvalue weighted by Crippen LogP contribution is 2.07. The van der Waals surface area contributed by atoms with E-state index < -0.39 is 10.0 Å². The van der Waals surface area contributed by atoms with E-state index in [0.717, 1.165) is 18.7 Å². The van der Waals surface area contributed by atoms with E-state index in [1.54, 1.807) is 18.3 Å². The third kappa shape index (κ3) is 5.70. The second-order valence-corrected chi connectivity index (χ2v) is 6.70. The van der Waals surface area contributed by atoms with Gasteiger partial charge in [0.1, 0.15) is 0 Å². The van der Waals surface area contributed by atoms with Crippen LogP contribution >= 0.6 is 0 Å². The molecule has 7 heteroatoms. The molecular weight excluding hydrogens is 288 g/mol. The maximum absolute atomic E-state index is 12.3. The van der Waals surface area contributed by atoms with Crippen LogP contribution in [0.25, 0.3) is 0 Å². The molecule has 0 aromatic carbocycles. The van der Waals surface area contributed by atoms with Crippen molar-refractivity contribution in [2.45, 2.75) is 38.4 Å². The molecule has 21 heavy (non-hydrogen) atoms. The van der Waals surface area contributed by atoms with Crippen molar-refractivity contribution >= 4 is 10.0 Å². The Labute approximate surface area is 128 Å². The molecule has 1 heterocycles. The Morgan fingerprint density at radius 3 is 2.43 bits per heavy atom. The Hall–Kier alpha value is -1.02. The van der Waals surface area contributed by atoms with E-state index in [2.05, 4.69) is 33.8 Å². The molecule has 2 N–H and O–H groups in total. The van der Waals surface area contributed by atoms with Gasteiger partial charge >= 0.3 is 0 Å². The molecular formula is C14H26N4O2S. The first-order valence-corrected chi connectivity index (χ1v) is 8.75. The molecule has 1 aromatic heterocycles. The lowest BCUT2D eigenvalue weighted by molar-refractivity contribution is 0.282. The van der Waals surface area contributed by atoms with Crippen molar-refractivity contribution in [3.05, 3.63) is 23.9 Å². The number of rotatable bonds is 9. The van der Waals surface area contributed by atoms with Gasteiger partial charge in [-0.05, 0) is 38.7 Å². The molecule has 6 nitrogen and oxygen atoms in total. The number of pyridine rings is 1. The van der Waals surface area contributed by atoms with Crippen LogP contribution in [0.3, 0.4) is 0 Å². The SMILES string of the molecule is CCN(CC)CC(C)NS(=O)(=O)c1ccc(CNC)cn1. The first-order valence-electron chi connectivity index (χ1n) is 7.27.